The summed E-state index contributed by atoms with van der Waals surface area (Å²) in [5, 5.41) is 16.7. The second-order valence-electron chi connectivity index (χ2n) is 5.74. The van der Waals surface area contributed by atoms with E-state index in [1.54, 1.807) is 6.20 Å². The smallest absolute Gasteiger partial charge is 0.254 e. The number of hydrogen-bond acceptors (Lipinski definition) is 3. The van der Waals surface area contributed by atoms with Crippen LogP contribution in [-0.2, 0) is 6.54 Å². The van der Waals surface area contributed by atoms with Crippen molar-refractivity contribution in [3.05, 3.63) is 17.5 Å². The van der Waals surface area contributed by atoms with E-state index >= 15 is 0 Å². The monoisotopic (exact) mass is 267 g/mol. The van der Waals surface area contributed by atoms with Gasteiger partial charge in [-0.25, -0.2) is 0 Å². The summed E-state index contributed by atoms with van der Waals surface area (Å²) < 4.78 is 1.85. The first-order valence-electron chi connectivity index (χ1n) is 6.81. The van der Waals surface area contributed by atoms with E-state index in [0.29, 0.717) is 11.5 Å². The fourth-order valence-corrected chi connectivity index (χ4v) is 1.73. The van der Waals surface area contributed by atoms with Gasteiger partial charge in [-0.2, -0.15) is 5.10 Å². The molecule has 5 heteroatoms. The van der Waals surface area contributed by atoms with Crippen LogP contribution >= 0.6 is 0 Å². The molecule has 0 aliphatic carbocycles. The molecule has 1 atom stereocenters. The van der Waals surface area contributed by atoms with Crippen LogP contribution in [0.5, 0.6) is 0 Å². The van der Waals surface area contributed by atoms with Crippen molar-refractivity contribution in [2.75, 3.05) is 6.54 Å². The molecule has 0 bridgehead atoms. The number of nitrogens with one attached hydrogen (secondary N) is 1. The first-order chi connectivity index (χ1) is 8.82. The number of aliphatic hydroxyl groups is 1. The highest BCUT2D eigenvalue weighted by Crippen LogP contribution is 2.10. The predicted molar refractivity (Wildman–Crippen MR) is 75.0 cm³/mol. The van der Waals surface area contributed by atoms with Crippen molar-refractivity contribution in [3.8, 4) is 0 Å². The van der Waals surface area contributed by atoms with E-state index in [4.69, 9.17) is 0 Å². The lowest BCUT2D eigenvalue weighted by molar-refractivity contribution is 0.0871. The molecule has 108 valence electrons. The minimum absolute atomic E-state index is 0.130. The van der Waals surface area contributed by atoms with Gasteiger partial charge in [0.15, 0.2) is 0 Å². The molecule has 5 nitrogen and oxygen atoms in total. The molecule has 0 fully saturated rings. The molecular formula is C14H25N3O2. The van der Waals surface area contributed by atoms with Crippen LogP contribution in [-0.4, -0.2) is 33.4 Å². The summed E-state index contributed by atoms with van der Waals surface area (Å²) in [5.74, 6) is 0.439. The lowest BCUT2D eigenvalue weighted by Gasteiger charge is -2.15. The molecule has 0 radical (unpaired) electrons. The fraction of sp³-hybridized carbons (Fsp3) is 0.714. The van der Waals surface area contributed by atoms with Crippen LogP contribution < -0.4 is 5.32 Å². The number of carbonyl (C=O) groups is 1. The topological polar surface area (TPSA) is 67.2 Å². The highest BCUT2D eigenvalue weighted by Gasteiger charge is 2.16. The van der Waals surface area contributed by atoms with Gasteiger partial charge in [0, 0.05) is 18.8 Å². The highest BCUT2D eigenvalue weighted by molar-refractivity contribution is 5.95. The van der Waals surface area contributed by atoms with Crippen LogP contribution in [0.4, 0.5) is 0 Å². The summed E-state index contributed by atoms with van der Waals surface area (Å²) in [7, 11) is 0. The number of carbonyl (C=O) groups excluding carboxylic acids is 1. The van der Waals surface area contributed by atoms with Gasteiger partial charge >= 0.3 is 0 Å². The fourth-order valence-electron chi connectivity index (χ4n) is 1.73. The van der Waals surface area contributed by atoms with Crippen LogP contribution in [0.1, 0.15) is 43.7 Å². The van der Waals surface area contributed by atoms with Gasteiger partial charge < -0.3 is 10.4 Å². The lowest BCUT2D eigenvalue weighted by atomic mass is 10.1. The molecule has 2 N–H and O–H groups in total. The maximum absolute atomic E-state index is 12.0. The Morgan fingerprint density at radius 2 is 2.05 bits per heavy atom. The minimum atomic E-state index is -0.519. The first kappa shape index (κ1) is 15.7. The quantitative estimate of drug-likeness (QED) is 0.822. The second kappa shape index (κ2) is 6.70. The van der Waals surface area contributed by atoms with Crippen LogP contribution in [0.15, 0.2) is 6.20 Å². The number of aromatic nitrogens is 2. The third kappa shape index (κ3) is 4.35. The van der Waals surface area contributed by atoms with E-state index in [9.17, 15) is 9.90 Å². The molecule has 0 aliphatic heterocycles. The van der Waals surface area contributed by atoms with Gasteiger partial charge in [0.2, 0.25) is 0 Å². The predicted octanol–water partition coefficient (Wildman–Crippen LogP) is 1.59. The zero-order chi connectivity index (χ0) is 14.6. The van der Waals surface area contributed by atoms with Crippen LogP contribution in [0.2, 0.25) is 0 Å². The Bertz CT molecular complexity index is 424. The highest BCUT2D eigenvalue weighted by atomic mass is 16.3. The van der Waals surface area contributed by atoms with E-state index in [2.05, 4.69) is 24.3 Å². The summed E-state index contributed by atoms with van der Waals surface area (Å²) in [6.07, 6.45) is 1.07. The molecule has 1 rings (SSSR count). The average molecular weight is 267 g/mol. The Kier molecular flexibility index (Phi) is 5.54. The summed E-state index contributed by atoms with van der Waals surface area (Å²) in [4.78, 5) is 12.0. The number of rotatable bonds is 6. The van der Waals surface area contributed by atoms with Crippen LogP contribution in [0.3, 0.4) is 0 Å². The van der Waals surface area contributed by atoms with Crippen molar-refractivity contribution in [1.82, 2.24) is 15.1 Å². The Hall–Kier alpha value is -1.36. The number of nitrogens with zero attached hydrogens (tertiary/aromatic N) is 2. The molecule has 1 aromatic heterocycles. The average Bonchev–Trinajstić information content (AvgIpc) is 2.66. The molecular weight excluding hydrogens is 242 g/mol. The zero-order valence-electron chi connectivity index (χ0n) is 12.5. The summed E-state index contributed by atoms with van der Waals surface area (Å²) in [6, 6.07) is 0. The van der Waals surface area contributed by atoms with Gasteiger partial charge in [-0.15, -0.1) is 0 Å². The minimum Gasteiger partial charge on any atom is -0.391 e. The van der Waals surface area contributed by atoms with Gasteiger partial charge in [-0.05, 0) is 18.8 Å². The molecule has 1 unspecified atom stereocenters. The van der Waals surface area contributed by atoms with Crippen molar-refractivity contribution in [2.24, 2.45) is 11.8 Å². The van der Waals surface area contributed by atoms with Gasteiger partial charge in [-0.3, -0.25) is 9.48 Å². The van der Waals surface area contributed by atoms with Gasteiger partial charge in [0.05, 0.1) is 17.9 Å². The molecule has 1 heterocycles. The third-order valence-electron chi connectivity index (χ3n) is 3.13. The molecule has 19 heavy (non-hydrogen) atoms. The number of aliphatic hydroxyl groups excluding tert-OH is 1. The molecule has 1 amide bonds. The molecule has 0 aromatic carbocycles. The van der Waals surface area contributed by atoms with Crippen molar-refractivity contribution >= 4 is 5.91 Å². The second-order valence-corrected chi connectivity index (χ2v) is 5.74. The van der Waals surface area contributed by atoms with E-state index in [1.807, 2.05) is 25.5 Å². The Balaban J connectivity index is 2.65. The van der Waals surface area contributed by atoms with E-state index in [-0.39, 0.29) is 18.4 Å². The molecule has 0 saturated carbocycles. The standard InChI is InChI=1S/C14H25N3O2/c1-9(2)8-17-11(5)12(6-16-17)14(19)15-7-13(18)10(3)4/h6,9-10,13,18H,7-8H2,1-5H3,(H,15,19). The molecule has 0 saturated heterocycles. The normalized spacial score (nSPS) is 13.1. The Morgan fingerprint density at radius 1 is 1.42 bits per heavy atom. The molecule has 0 aliphatic rings. The van der Waals surface area contributed by atoms with Crippen molar-refractivity contribution in [2.45, 2.75) is 47.3 Å². The largest absolute Gasteiger partial charge is 0.391 e. The van der Waals surface area contributed by atoms with Gasteiger partial charge in [0.25, 0.3) is 5.91 Å². The van der Waals surface area contributed by atoms with Crippen molar-refractivity contribution < 1.29 is 9.90 Å². The third-order valence-corrected chi connectivity index (χ3v) is 3.13. The summed E-state index contributed by atoms with van der Waals surface area (Å²) >= 11 is 0. The maximum atomic E-state index is 12.0. The van der Waals surface area contributed by atoms with Crippen LogP contribution in [0, 0.1) is 18.8 Å². The van der Waals surface area contributed by atoms with Gasteiger partial charge in [-0.1, -0.05) is 27.7 Å². The number of hydrogen-bond donors (Lipinski definition) is 2. The lowest BCUT2D eigenvalue weighted by Crippen LogP contribution is -2.34. The summed E-state index contributed by atoms with van der Waals surface area (Å²) in [5.41, 5.74) is 1.45. The van der Waals surface area contributed by atoms with Crippen LogP contribution in [0.25, 0.3) is 0 Å². The van der Waals surface area contributed by atoms with Crippen molar-refractivity contribution in [1.29, 1.82) is 0 Å². The van der Waals surface area contributed by atoms with Gasteiger partial charge in [0.1, 0.15) is 0 Å². The van der Waals surface area contributed by atoms with E-state index < -0.39 is 6.10 Å². The number of amides is 1. The first-order valence-corrected chi connectivity index (χ1v) is 6.81. The maximum Gasteiger partial charge on any atom is 0.254 e. The van der Waals surface area contributed by atoms with E-state index in [1.165, 1.54) is 0 Å². The Morgan fingerprint density at radius 3 is 2.58 bits per heavy atom. The molecule has 0 spiro atoms. The Labute approximate surface area is 115 Å². The summed E-state index contributed by atoms with van der Waals surface area (Å²) in [6.45, 7) is 11.0. The zero-order valence-corrected chi connectivity index (χ0v) is 12.5. The van der Waals surface area contributed by atoms with E-state index in [0.717, 1.165) is 12.2 Å². The van der Waals surface area contributed by atoms with Crippen molar-refractivity contribution in [3.63, 3.8) is 0 Å². The SMILES string of the molecule is Cc1c(C(=O)NCC(O)C(C)C)cnn1CC(C)C. The molecule has 1 aromatic rings.